The predicted molar refractivity (Wildman–Crippen MR) is 130 cm³/mol. The van der Waals surface area contributed by atoms with Gasteiger partial charge in [0.15, 0.2) is 0 Å². The topological polar surface area (TPSA) is 63.2 Å². The molecule has 0 bridgehead atoms. The lowest BCUT2D eigenvalue weighted by molar-refractivity contribution is -0.131. The molecule has 2 aromatic carbocycles. The summed E-state index contributed by atoms with van der Waals surface area (Å²) in [4.78, 5) is 11.6. The number of benzene rings is 2. The van der Waals surface area contributed by atoms with E-state index in [0.29, 0.717) is 12.4 Å². The van der Waals surface area contributed by atoms with Crippen molar-refractivity contribution in [3.63, 3.8) is 0 Å². The van der Waals surface area contributed by atoms with Crippen molar-refractivity contribution in [2.45, 2.75) is 58.2 Å². The molecule has 3 aliphatic rings. The first-order chi connectivity index (χ1) is 16.1. The minimum atomic E-state index is -0.476. The summed E-state index contributed by atoms with van der Waals surface area (Å²) in [6.07, 6.45) is 8.78. The summed E-state index contributed by atoms with van der Waals surface area (Å²) in [6.45, 7) is 9.93. The van der Waals surface area contributed by atoms with Gasteiger partial charge in [0.05, 0.1) is 24.8 Å². The van der Waals surface area contributed by atoms with Crippen molar-refractivity contribution >= 4 is 18.1 Å². The number of hydrogen-bond acceptors (Lipinski definition) is 6. The Balaban J connectivity index is 1.57. The highest BCUT2D eigenvalue weighted by Crippen LogP contribution is 2.50. The number of carbonyl (C=O) groups excluding carboxylic acids is 1. The molecule has 1 atom stereocenters. The van der Waals surface area contributed by atoms with Gasteiger partial charge in [-0.15, -0.1) is 0 Å². The van der Waals surface area contributed by atoms with Crippen molar-refractivity contribution in [1.29, 1.82) is 0 Å². The first-order valence-corrected chi connectivity index (χ1v) is 11.6. The Labute approximate surface area is 200 Å². The average molecular weight is 463 g/mol. The van der Waals surface area contributed by atoms with Crippen molar-refractivity contribution < 1.29 is 28.5 Å². The van der Waals surface area contributed by atoms with Gasteiger partial charge in [0, 0.05) is 30.0 Å². The van der Waals surface area contributed by atoms with Crippen molar-refractivity contribution in [1.82, 2.24) is 0 Å². The molecule has 3 aliphatic heterocycles. The lowest BCUT2D eigenvalue weighted by Crippen LogP contribution is -2.30. The number of fused-ring (bicyclic) bond motifs is 4. The van der Waals surface area contributed by atoms with E-state index in [4.69, 9.17) is 23.7 Å². The Bertz CT molecular complexity index is 1230. The normalized spacial score (nSPS) is 20.6. The molecule has 6 nitrogen and oxygen atoms in total. The fourth-order valence-electron chi connectivity index (χ4n) is 4.76. The number of methoxy groups -OCH3 is 1. The summed E-state index contributed by atoms with van der Waals surface area (Å²) in [7, 11) is 1.67. The largest absolute Gasteiger partial charge is 0.496 e. The molecular weight excluding hydrogens is 432 g/mol. The van der Waals surface area contributed by atoms with E-state index in [2.05, 4.69) is 6.08 Å². The molecule has 0 N–H and O–H groups in total. The number of hydrogen-bond donors (Lipinski definition) is 0. The van der Waals surface area contributed by atoms with Crippen LogP contribution in [0.25, 0.3) is 12.2 Å². The van der Waals surface area contributed by atoms with E-state index in [1.165, 1.54) is 6.92 Å². The third-order valence-corrected chi connectivity index (χ3v) is 6.36. The molecule has 0 fully saturated rings. The van der Waals surface area contributed by atoms with Crippen LogP contribution in [0.5, 0.6) is 28.7 Å². The highest BCUT2D eigenvalue weighted by Gasteiger charge is 2.35. The van der Waals surface area contributed by atoms with Crippen LogP contribution in [0, 0.1) is 0 Å². The van der Waals surface area contributed by atoms with Crippen LogP contribution in [-0.4, -0.2) is 30.9 Å². The lowest BCUT2D eigenvalue weighted by Gasteiger charge is -2.35. The zero-order chi connectivity index (χ0) is 24.3. The van der Waals surface area contributed by atoms with Gasteiger partial charge in [0.2, 0.25) is 0 Å². The maximum absolute atomic E-state index is 11.6. The van der Waals surface area contributed by atoms with E-state index in [9.17, 15) is 4.79 Å². The standard InChI is InChI=1S/C28H30O6/c1-16(29)32-22-8-7-18(26-19(22)9-12-28(4,5)34-26)17-13-21-23(30-6)14-24-20(25(21)31-15-17)10-11-27(2,3)33-24/h7-12,14,17H,13,15H2,1-6H3/t17-/m1/s1. The fourth-order valence-corrected chi connectivity index (χ4v) is 4.76. The van der Waals surface area contributed by atoms with Crippen LogP contribution in [0.4, 0.5) is 0 Å². The summed E-state index contributed by atoms with van der Waals surface area (Å²) < 4.78 is 30.1. The summed E-state index contributed by atoms with van der Waals surface area (Å²) in [5, 5.41) is 0. The highest BCUT2D eigenvalue weighted by molar-refractivity contribution is 5.76. The van der Waals surface area contributed by atoms with Gasteiger partial charge in [-0.3, -0.25) is 4.79 Å². The number of ether oxygens (including phenoxy) is 5. The molecule has 0 unspecified atom stereocenters. The third kappa shape index (κ3) is 3.91. The maximum Gasteiger partial charge on any atom is 0.308 e. The molecule has 0 aliphatic carbocycles. The molecule has 0 spiro atoms. The Morgan fingerprint density at radius 2 is 1.68 bits per heavy atom. The monoisotopic (exact) mass is 462 g/mol. The molecular formula is C28H30O6. The first-order valence-electron chi connectivity index (χ1n) is 11.6. The second-order valence-corrected chi connectivity index (χ2v) is 10.1. The van der Waals surface area contributed by atoms with Crippen LogP contribution in [0.3, 0.4) is 0 Å². The molecule has 34 heavy (non-hydrogen) atoms. The zero-order valence-corrected chi connectivity index (χ0v) is 20.5. The van der Waals surface area contributed by atoms with Crippen molar-refractivity contribution in [3.8, 4) is 28.7 Å². The van der Waals surface area contributed by atoms with Crippen molar-refractivity contribution in [2.24, 2.45) is 0 Å². The number of rotatable bonds is 3. The van der Waals surface area contributed by atoms with Crippen LogP contribution in [0.15, 0.2) is 30.4 Å². The Morgan fingerprint density at radius 3 is 2.38 bits per heavy atom. The van der Waals surface area contributed by atoms with E-state index in [-0.39, 0.29) is 17.5 Å². The van der Waals surface area contributed by atoms with Crippen molar-refractivity contribution in [2.75, 3.05) is 13.7 Å². The summed E-state index contributed by atoms with van der Waals surface area (Å²) >= 11 is 0. The van der Waals surface area contributed by atoms with Gasteiger partial charge in [-0.2, -0.15) is 0 Å². The molecule has 3 heterocycles. The molecule has 6 heteroatoms. The Kier molecular flexibility index (Phi) is 5.15. The SMILES string of the molecule is COc1cc2c(c3c1C[C@@H](c1ccc(OC(C)=O)c4c1OC(C)(C)C=C4)CO3)C=CC(C)(C)O2. The average Bonchev–Trinajstić information content (AvgIpc) is 2.76. The summed E-state index contributed by atoms with van der Waals surface area (Å²) in [6, 6.07) is 5.76. The maximum atomic E-state index is 11.6. The highest BCUT2D eigenvalue weighted by atomic mass is 16.5. The van der Waals surface area contributed by atoms with Gasteiger partial charge in [0.1, 0.15) is 39.9 Å². The fraction of sp³-hybridized carbons (Fsp3) is 0.393. The minimum Gasteiger partial charge on any atom is -0.496 e. The lowest BCUT2D eigenvalue weighted by atomic mass is 9.85. The first kappa shape index (κ1) is 22.4. The van der Waals surface area contributed by atoms with E-state index in [1.54, 1.807) is 7.11 Å². The van der Waals surface area contributed by atoms with E-state index in [1.807, 2.05) is 64.1 Å². The zero-order valence-electron chi connectivity index (χ0n) is 20.5. The van der Waals surface area contributed by atoms with E-state index < -0.39 is 5.60 Å². The number of esters is 1. The third-order valence-electron chi connectivity index (χ3n) is 6.36. The quantitative estimate of drug-likeness (QED) is 0.430. The van der Waals surface area contributed by atoms with Gasteiger partial charge < -0.3 is 23.7 Å². The molecule has 0 saturated carbocycles. The van der Waals surface area contributed by atoms with Crippen LogP contribution in [-0.2, 0) is 11.2 Å². The number of carbonyl (C=O) groups is 1. The van der Waals surface area contributed by atoms with Crippen molar-refractivity contribution in [3.05, 3.63) is 52.6 Å². The van der Waals surface area contributed by atoms with Crippen LogP contribution < -0.4 is 23.7 Å². The van der Waals surface area contributed by atoms with Crippen LogP contribution in [0.2, 0.25) is 0 Å². The van der Waals surface area contributed by atoms with E-state index in [0.717, 1.165) is 51.7 Å². The minimum absolute atomic E-state index is 0.0341. The second-order valence-electron chi connectivity index (χ2n) is 10.1. The van der Waals surface area contributed by atoms with Gasteiger partial charge in [-0.25, -0.2) is 0 Å². The molecule has 2 aromatic rings. The Morgan fingerprint density at radius 1 is 0.971 bits per heavy atom. The molecule has 0 aromatic heterocycles. The molecule has 0 amide bonds. The summed E-state index contributed by atoms with van der Waals surface area (Å²) in [5.41, 5.74) is 2.88. The van der Waals surface area contributed by atoms with Gasteiger partial charge in [0.25, 0.3) is 0 Å². The van der Waals surface area contributed by atoms with Gasteiger partial charge >= 0.3 is 5.97 Å². The second kappa shape index (κ2) is 7.83. The predicted octanol–water partition coefficient (Wildman–Crippen LogP) is 5.71. The van der Waals surface area contributed by atoms with Crippen LogP contribution >= 0.6 is 0 Å². The van der Waals surface area contributed by atoms with Gasteiger partial charge in [-0.05, 0) is 64.5 Å². The molecule has 0 radical (unpaired) electrons. The smallest absolute Gasteiger partial charge is 0.308 e. The molecule has 5 rings (SSSR count). The van der Waals surface area contributed by atoms with E-state index >= 15 is 0 Å². The van der Waals surface area contributed by atoms with Crippen LogP contribution in [0.1, 0.15) is 62.8 Å². The van der Waals surface area contributed by atoms with Gasteiger partial charge in [-0.1, -0.05) is 6.07 Å². The summed E-state index contributed by atoms with van der Waals surface area (Å²) in [5.74, 6) is 3.21. The Hall–Kier alpha value is -3.41. The molecule has 178 valence electrons. The molecule has 0 saturated heterocycles.